The number of esters is 1. The van der Waals surface area contributed by atoms with Gasteiger partial charge in [0.2, 0.25) is 11.8 Å². The number of unbranched alkanes of at least 4 members (excludes halogenated alkanes) is 1. The number of hydrogen-bond acceptors (Lipinski definition) is 5. The number of carbonyl (C=O) groups is 4. The highest BCUT2D eigenvalue weighted by molar-refractivity contribution is 6.07. The number of ether oxygens (including phenoxy) is 1. The summed E-state index contributed by atoms with van der Waals surface area (Å²) in [7, 11) is 0. The van der Waals surface area contributed by atoms with Crippen molar-refractivity contribution in [3.8, 4) is 0 Å². The van der Waals surface area contributed by atoms with Gasteiger partial charge in [-0.15, -0.1) is 0 Å². The van der Waals surface area contributed by atoms with Crippen molar-refractivity contribution in [2.24, 2.45) is 11.8 Å². The standard InChI is InChI=1S/C22H26N2O5/c1-2-3-6-15-9-11-16(12-10-15)23-19(25)14-29-20(26)13-24-21(27)17-7-4-5-8-18(17)22(24)28/h4-5,9-12,17-18H,2-3,6-8,13-14H2,1H3,(H,23,25)/t17-,18+. The summed E-state index contributed by atoms with van der Waals surface area (Å²) < 4.78 is 4.95. The van der Waals surface area contributed by atoms with Crippen molar-refractivity contribution < 1.29 is 23.9 Å². The summed E-state index contributed by atoms with van der Waals surface area (Å²) >= 11 is 0. The minimum absolute atomic E-state index is 0.339. The molecule has 1 fully saturated rings. The van der Waals surface area contributed by atoms with Gasteiger partial charge in [0.05, 0.1) is 11.8 Å². The molecule has 0 aromatic heterocycles. The second kappa shape index (κ2) is 9.49. The predicted molar refractivity (Wildman–Crippen MR) is 107 cm³/mol. The number of aryl methyl sites for hydroxylation is 1. The molecule has 0 radical (unpaired) electrons. The van der Waals surface area contributed by atoms with Gasteiger partial charge in [0, 0.05) is 5.69 Å². The fourth-order valence-electron chi connectivity index (χ4n) is 3.68. The van der Waals surface area contributed by atoms with E-state index in [1.807, 2.05) is 36.4 Å². The lowest BCUT2D eigenvalue weighted by atomic mass is 9.85. The van der Waals surface area contributed by atoms with Gasteiger partial charge >= 0.3 is 5.97 Å². The number of likely N-dealkylation sites (tertiary alicyclic amines) is 1. The van der Waals surface area contributed by atoms with Crippen molar-refractivity contribution >= 4 is 29.4 Å². The van der Waals surface area contributed by atoms with Crippen LogP contribution in [0.1, 0.15) is 38.2 Å². The normalized spacial score (nSPS) is 20.5. The number of nitrogens with zero attached hydrogens (tertiary/aromatic N) is 1. The van der Waals surface area contributed by atoms with Crippen LogP contribution >= 0.6 is 0 Å². The quantitative estimate of drug-likeness (QED) is 0.413. The fourth-order valence-corrected chi connectivity index (χ4v) is 3.68. The predicted octanol–water partition coefficient (Wildman–Crippen LogP) is 2.46. The van der Waals surface area contributed by atoms with Crippen molar-refractivity contribution in [3.05, 3.63) is 42.0 Å². The fraction of sp³-hybridized carbons (Fsp3) is 0.455. The number of benzene rings is 1. The largest absolute Gasteiger partial charge is 0.454 e. The zero-order chi connectivity index (χ0) is 20.8. The average Bonchev–Trinajstić information content (AvgIpc) is 2.97. The Morgan fingerprint density at radius 3 is 2.28 bits per heavy atom. The van der Waals surface area contributed by atoms with Crippen LogP contribution in [0.4, 0.5) is 5.69 Å². The number of amides is 3. The Balaban J connectivity index is 1.44. The Morgan fingerprint density at radius 2 is 1.69 bits per heavy atom. The number of fused-ring (bicyclic) bond motifs is 1. The van der Waals surface area contributed by atoms with Crippen LogP contribution in [-0.4, -0.2) is 41.7 Å². The Morgan fingerprint density at radius 1 is 1.07 bits per heavy atom. The van der Waals surface area contributed by atoms with Crippen molar-refractivity contribution in [1.82, 2.24) is 4.90 Å². The molecule has 0 bridgehead atoms. The van der Waals surface area contributed by atoms with E-state index in [2.05, 4.69) is 12.2 Å². The number of carbonyl (C=O) groups excluding carboxylic acids is 4. The van der Waals surface area contributed by atoms with Gasteiger partial charge < -0.3 is 10.1 Å². The van der Waals surface area contributed by atoms with Gasteiger partial charge in [0.25, 0.3) is 5.91 Å². The molecule has 7 nitrogen and oxygen atoms in total. The first-order valence-electron chi connectivity index (χ1n) is 10.0. The van der Waals surface area contributed by atoms with E-state index in [9.17, 15) is 19.2 Å². The first-order chi connectivity index (χ1) is 14.0. The third-order valence-electron chi connectivity index (χ3n) is 5.31. The molecule has 1 aliphatic heterocycles. The molecule has 1 heterocycles. The Bertz CT molecular complexity index is 789. The van der Waals surface area contributed by atoms with E-state index in [1.54, 1.807) is 0 Å². The summed E-state index contributed by atoms with van der Waals surface area (Å²) in [4.78, 5) is 49.7. The minimum atomic E-state index is -0.775. The number of allylic oxidation sites excluding steroid dienone is 2. The molecule has 1 aromatic rings. The first kappa shape index (κ1) is 20.8. The highest BCUT2D eigenvalue weighted by Crippen LogP contribution is 2.34. The van der Waals surface area contributed by atoms with Gasteiger partial charge in [-0.05, 0) is 43.4 Å². The summed E-state index contributed by atoms with van der Waals surface area (Å²) in [5.74, 6) is -2.70. The number of nitrogens with one attached hydrogen (secondary N) is 1. The number of rotatable bonds is 8. The van der Waals surface area contributed by atoms with E-state index in [1.165, 1.54) is 5.56 Å². The summed E-state index contributed by atoms with van der Waals surface area (Å²) in [5, 5.41) is 2.66. The molecule has 7 heteroatoms. The SMILES string of the molecule is CCCCc1ccc(NC(=O)COC(=O)CN2C(=O)[C@H]3CC=CC[C@H]3C2=O)cc1. The molecule has 1 N–H and O–H groups in total. The van der Waals surface area contributed by atoms with E-state index in [0.717, 1.165) is 24.2 Å². The lowest BCUT2D eigenvalue weighted by Gasteiger charge is -2.14. The monoisotopic (exact) mass is 398 g/mol. The third-order valence-corrected chi connectivity index (χ3v) is 5.31. The Kier molecular flexibility index (Phi) is 6.80. The first-order valence-corrected chi connectivity index (χ1v) is 10.0. The van der Waals surface area contributed by atoms with Gasteiger partial charge in [0.15, 0.2) is 6.61 Å². The van der Waals surface area contributed by atoms with E-state index in [0.29, 0.717) is 18.5 Å². The Labute approximate surface area is 170 Å². The number of hydrogen-bond donors (Lipinski definition) is 1. The maximum Gasteiger partial charge on any atom is 0.326 e. The molecule has 0 unspecified atom stereocenters. The molecule has 2 aliphatic rings. The zero-order valence-corrected chi connectivity index (χ0v) is 16.6. The van der Waals surface area contributed by atoms with Gasteiger partial charge in [0.1, 0.15) is 6.54 Å². The van der Waals surface area contributed by atoms with Crippen molar-refractivity contribution in [2.45, 2.75) is 39.0 Å². The highest BCUT2D eigenvalue weighted by atomic mass is 16.5. The number of imide groups is 1. The second-order valence-electron chi connectivity index (χ2n) is 7.43. The van der Waals surface area contributed by atoms with E-state index in [-0.39, 0.29) is 23.7 Å². The molecule has 0 saturated carbocycles. The van der Waals surface area contributed by atoms with Crippen LogP contribution in [0.3, 0.4) is 0 Å². The maximum atomic E-state index is 12.3. The van der Waals surface area contributed by atoms with Crippen molar-refractivity contribution in [3.63, 3.8) is 0 Å². The zero-order valence-electron chi connectivity index (χ0n) is 16.6. The van der Waals surface area contributed by atoms with Crippen molar-refractivity contribution in [1.29, 1.82) is 0 Å². The van der Waals surface area contributed by atoms with Crippen LogP contribution in [0.2, 0.25) is 0 Å². The molecule has 0 spiro atoms. The van der Waals surface area contributed by atoms with Gasteiger partial charge in [-0.2, -0.15) is 0 Å². The van der Waals surface area contributed by atoms with E-state index in [4.69, 9.17) is 4.74 Å². The smallest absolute Gasteiger partial charge is 0.326 e. The minimum Gasteiger partial charge on any atom is -0.454 e. The maximum absolute atomic E-state index is 12.3. The lowest BCUT2D eigenvalue weighted by molar-refractivity contribution is -0.154. The average molecular weight is 398 g/mol. The molecule has 1 aromatic carbocycles. The topological polar surface area (TPSA) is 92.8 Å². The lowest BCUT2D eigenvalue weighted by Crippen LogP contribution is -2.37. The van der Waals surface area contributed by atoms with E-state index < -0.39 is 25.0 Å². The number of anilines is 1. The molecule has 1 aliphatic carbocycles. The molecule has 1 saturated heterocycles. The summed E-state index contributed by atoms with van der Waals surface area (Å²) in [6.45, 7) is 1.21. The van der Waals surface area contributed by atoms with Crippen LogP contribution in [0.25, 0.3) is 0 Å². The van der Waals surface area contributed by atoms with Crippen LogP contribution in [0.15, 0.2) is 36.4 Å². The van der Waals surface area contributed by atoms with Gasteiger partial charge in [-0.3, -0.25) is 24.1 Å². The molecule has 29 heavy (non-hydrogen) atoms. The van der Waals surface area contributed by atoms with Crippen LogP contribution < -0.4 is 5.32 Å². The highest BCUT2D eigenvalue weighted by Gasteiger charge is 2.47. The van der Waals surface area contributed by atoms with Crippen LogP contribution in [0.5, 0.6) is 0 Å². The van der Waals surface area contributed by atoms with Crippen LogP contribution in [-0.2, 0) is 30.3 Å². The van der Waals surface area contributed by atoms with E-state index >= 15 is 0 Å². The van der Waals surface area contributed by atoms with Crippen molar-refractivity contribution in [2.75, 3.05) is 18.5 Å². The van der Waals surface area contributed by atoms with Gasteiger partial charge in [-0.1, -0.05) is 37.6 Å². The molecular weight excluding hydrogens is 372 g/mol. The van der Waals surface area contributed by atoms with Crippen LogP contribution in [0, 0.1) is 11.8 Å². The molecular formula is C22H26N2O5. The molecule has 3 amide bonds. The summed E-state index contributed by atoms with van der Waals surface area (Å²) in [5.41, 5.74) is 1.82. The summed E-state index contributed by atoms with van der Waals surface area (Å²) in [6.07, 6.45) is 8.02. The second-order valence-corrected chi connectivity index (χ2v) is 7.43. The third kappa shape index (κ3) is 5.10. The molecule has 154 valence electrons. The Hall–Kier alpha value is -2.96. The molecule has 2 atom stereocenters. The molecule has 3 rings (SSSR count). The van der Waals surface area contributed by atoms with Gasteiger partial charge in [-0.25, -0.2) is 0 Å². The summed E-state index contributed by atoms with van der Waals surface area (Å²) in [6, 6.07) is 7.52.